The van der Waals surface area contributed by atoms with Gasteiger partial charge in [-0.1, -0.05) is 34.9 Å². The van der Waals surface area contributed by atoms with Crippen LogP contribution in [0.15, 0.2) is 34.9 Å². The van der Waals surface area contributed by atoms with E-state index in [1.165, 1.54) is 14.2 Å². The van der Waals surface area contributed by atoms with Crippen molar-refractivity contribution in [3.05, 3.63) is 34.9 Å². The van der Waals surface area contributed by atoms with Crippen LogP contribution >= 0.6 is 0 Å². The minimum Gasteiger partial charge on any atom is -0.469 e. The number of cyclic esters (lactones) is 2. The third kappa shape index (κ3) is 20.6. The molecule has 10 heteroatoms. The van der Waals surface area contributed by atoms with Crippen LogP contribution in [0.2, 0.25) is 0 Å². The van der Waals surface area contributed by atoms with Gasteiger partial charge in [-0.2, -0.15) is 0 Å². The van der Waals surface area contributed by atoms with Crippen LogP contribution in [-0.2, 0) is 66.1 Å². The number of rotatable bonds is 8. The molecule has 0 spiro atoms. The molecule has 1 aliphatic heterocycles. The number of carbonyl (C=O) groups is 4. The summed E-state index contributed by atoms with van der Waals surface area (Å²) in [4.78, 5) is 42.8. The zero-order valence-electron chi connectivity index (χ0n) is 20.2. The molecule has 1 rings (SSSR count). The summed E-state index contributed by atoms with van der Waals surface area (Å²) in [5.74, 6) is -1.58. The first-order chi connectivity index (χ1) is 15.2. The quantitative estimate of drug-likeness (QED) is 0.204. The summed E-state index contributed by atoms with van der Waals surface area (Å²) in [5, 5.41) is 16.9. The van der Waals surface area contributed by atoms with Crippen LogP contribution in [0, 0.1) is 0 Å². The molecule has 2 N–H and O–H groups in total. The maximum Gasteiger partial charge on any atom is 0.317 e. The van der Waals surface area contributed by atoms with Crippen molar-refractivity contribution >= 4 is 23.9 Å². The van der Waals surface area contributed by atoms with Crippen molar-refractivity contribution < 1.29 is 76.3 Å². The topological polar surface area (TPSA) is 136 Å². The van der Waals surface area contributed by atoms with E-state index in [0.717, 1.165) is 11.1 Å². The molecule has 0 aromatic carbocycles. The van der Waals surface area contributed by atoms with E-state index in [1.54, 1.807) is 26.0 Å². The van der Waals surface area contributed by atoms with E-state index in [4.69, 9.17) is 10.2 Å². The Morgan fingerprint density at radius 2 is 1.24 bits per heavy atom. The maximum absolute atomic E-state index is 10.8. The molecule has 0 bridgehead atoms. The Kier molecular flexibility index (Phi) is 25.5. The number of carbonyl (C=O) groups excluding carboxylic acids is 4. The summed E-state index contributed by atoms with van der Waals surface area (Å²) in [6.07, 6.45) is 7.63. The van der Waals surface area contributed by atoms with Crippen molar-refractivity contribution in [3.8, 4) is 0 Å². The van der Waals surface area contributed by atoms with Gasteiger partial charge in [0.05, 0.1) is 39.9 Å². The van der Waals surface area contributed by atoms with Crippen LogP contribution in [0.25, 0.3) is 0 Å². The Balaban J connectivity index is -0.000000410. The van der Waals surface area contributed by atoms with Gasteiger partial charge in [-0.3, -0.25) is 19.2 Å². The van der Waals surface area contributed by atoms with Gasteiger partial charge in [0.25, 0.3) is 0 Å². The Morgan fingerprint density at radius 3 is 1.52 bits per heavy atom. The smallest absolute Gasteiger partial charge is 0.317 e. The van der Waals surface area contributed by atoms with Crippen LogP contribution in [0.4, 0.5) is 0 Å². The molecule has 33 heavy (non-hydrogen) atoms. The third-order valence-corrected chi connectivity index (χ3v) is 4.26. The number of esters is 4. The van der Waals surface area contributed by atoms with E-state index < -0.39 is 11.9 Å². The second kappa shape index (κ2) is 23.5. The summed E-state index contributed by atoms with van der Waals surface area (Å²) in [6, 6.07) is 0. The minimum absolute atomic E-state index is 0. The van der Waals surface area contributed by atoms with Crippen LogP contribution in [-0.4, -0.2) is 61.5 Å². The van der Waals surface area contributed by atoms with Gasteiger partial charge in [0.2, 0.25) is 0 Å². The molecule has 0 aliphatic carbocycles. The zero-order chi connectivity index (χ0) is 24.9. The predicted molar refractivity (Wildman–Crippen MR) is 118 cm³/mol. The second-order valence-electron chi connectivity index (χ2n) is 6.49. The van der Waals surface area contributed by atoms with E-state index in [9.17, 15) is 19.2 Å². The molecule has 0 unspecified atom stereocenters. The Morgan fingerprint density at radius 1 is 0.848 bits per heavy atom. The van der Waals surface area contributed by atoms with E-state index >= 15 is 0 Å². The first kappa shape index (κ1) is 35.9. The van der Waals surface area contributed by atoms with Gasteiger partial charge in [0.15, 0.2) is 0 Å². The van der Waals surface area contributed by atoms with Crippen LogP contribution in [0.3, 0.4) is 0 Å². The van der Waals surface area contributed by atoms with Gasteiger partial charge >= 0.3 is 23.9 Å². The first-order valence-electron chi connectivity index (χ1n) is 10.2. The van der Waals surface area contributed by atoms with E-state index in [0.29, 0.717) is 18.4 Å². The van der Waals surface area contributed by atoms with Crippen LogP contribution in [0.5, 0.6) is 0 Å². The van der Waals surface area contributed by atoms with Gasteiger partial charge in [-0.05, 0) is 33.6 Å². The summed E-state index contributed by atoms with van der Waals surface area (Å²) < 4.78 is 13.2. The molecular weight excluding hydrogens is 509 g/mol. The number of hydrogen-bond donors (Lipinski definition) is 2. The SMILES string of the molecule is CC=C(CC(=O)OC)CC(=O)OC.CC=C(CCO)CCO.CC=C1CC(=O)OC(=O)C1.[Y]. The van der Waals surface area contributed by atoms with Gasteiger partial charge in [0, 0.05) is 45.9 Å². The van der Waals surface area contributed by atoms with E-state index in [-0.39, 0.29) is 83.5 Å². The molecule has 0 aromatic heterocycles. The average molecular weight is 545 g/mol. The average Bonchev–Trinajstić information content (AvgIpc) is 2.78. The van der Waals surface area contributed by atoms with Crippen molar-refractivity contribution in [1.82, 2.24) is 0 Å². The summed E-state index contributed by atoms with van der Waals surface area (Å²) >= 11 is 0. The molecule has 0 aromatic rings. The minimum atomic E-state index is -0.440. The van der Waals surface area contributed by atoms with Crippen molar-refractivity contribution in [3.63, 3.8) is 0 Å². The molecule has 0 amide bonds. The molecule has 9 nitrogen and oxygen atoms in total. The van der Waals surface area contributed by atoms with Crippen LogP contribution in [0.1, 0.15) is 59.3 Å². The molecular formula is C23H36O9Y. The van der Waals surface area contributed by atoms with Gasteiger partial charge in [0.1, 0.15) is 0 Å². The van der Waals surface area contributed by atoms with Gasteiger partial charge in [-0.25, -0.2) is 0 Å². The van der Waals surface area contributed by atoms with Gasteiger partial charge < -0.3 is 24.4 Å². The molecule has 0 saturated carbocycles. The van der Waals surface area contributed by atoms with Crippen LogP contribution < -0.4 is 0 Å². The number of allylic oxidation sites excluding steroid dienone is 3. The summed E-state index contributed by atoms with van der Waals surface area (Å²) in [6.45, 7) is 5.85. The Hall–Kier alpha value is -1.68. The van der Waals surface area contributed by atoms with Crippen molar-refractivity contribution in [1.29, 1.82) is 0 Å². The molecule has 0 atom stereocenters. The fourth-order valence-electron chi connectivity index (χ4n) is 2.32. The third-order valence-electron chi connectivity index (χ3n) is 4.26. The number of ether oxygens (including phenoxy) is 3. The first-order valence-corrected chi connectivity index (χ1v) is 10.2. The standard InChI is InChI=1S/C9H14O4.C7H8O3.C7H14O2.Y/c1-4-7(5-8(10)12-2)6-9(11)13-3;1-2-5-3-6(8)10-7(9)4-5;1-2-7(3-5-8)4-6-9;/h4H,5-6H2,1-3H3;2H,3-4H2,1H3;2,8-9H,3-6H2,1H3;. The van der Waals surface area contributed by atoms with Gasteiger partial charge in [-0.15, -0.1) is 0 Å². The predicted octanol–water partition coefficient (Wildman–Crippen LogP) is 2.55. The number of aliphatic hydroxyl groups excluding tert-OH is 2. The fraction of sp³-hybridized carbons (Fsp3) is 0.565. The van der Waals surface area contributed by atoms with E-state index in [2.05, 4.69) is 14.2 Å². The van der Waals surface area contributed by atoms with E-state index in [1.807, 2.05) is 13.0 Å². The van der Waals surface area contributed by atoms with Crippen molar-refractivity contribution in [2.24, 2.45) is 0 Å². The molecule has 1 saturated heterocycles. The Labute approximate surface area is 221 Å². The maximum atomic E-state index is 10.8. The number of aliphatic hydroxyl groups is 2. The Bertz CT molecular complexity index is 648. The molecule has 1 radical (unpaired) electrons. The molecule has 1 fully saturated rings. The largest absolute Gasteiger partial charge is 0.469 e. The number of hydrogen-bond acceptors (Lipinski definition) is 9. The van der Waals surface area contributed by atoms with Crippen molar-refractivity contribution in [2.45, 2.75) is 59.3 Å². The fourth-order valence-corrected chi connectivity index (χ4v) is 2.32. The molecule has 185 valence electrons. The summed E-state index contributed by atoms with van der Waals surface area (Å²) in [5.41, 5.74) is 2.68. The normalized spacial score (nSPS) is 11.7. The van der Waals surface area contributed by atoms with Crippen molar-refractivity contribution in [2.75, 3.05) is 27.4 Å². The molecule has 1 aliphatic rings. The molecule has 1 heterocycles. The zero-order valence-corrected chi connectivity index (χ0v) is 23.1. The second-order valence-corrected chi connectivity index (χ2v) is 6.49. The number of methoxy groups -OCH3 is 2. The monoisotopic (exact) mass is 545 g/mol. The summed E-state index contributed by atoms with van der Waals surface area (Å²) in [7, 11) is 2.63.